The molecule has 1 aromatic rings. The van der Waals surface area contributed by atoms with Crippen LogP contribution in [0.25, 0.3) is 0 Å². The van der Waals surface area contributed by atoms with Gasteiger partial charge in [0, 0.05) is 26.2 Å². The number of aryl methyl sites for hydroxylation is 2. The molecule has 0 aromatic carbocycles. The number of hydrogen-bond acceptors (Lipinski definition) is 4. The molecule has 1 saturated heterocycles. The smallest absolute Gasteiger partial charge is 0.246 e. The third-order valence-electron chi connectivity index (χ3n) is 2.97. The molecule has 0 saturated carbocycles. The first-order valence-corrected chi connectivity index (χ1v) is 6.59. The summed E-state index contributed by atoms with van der Waals surface area (Å²) in [5, 5.41) is 9.68. The fourth-order valence-electron chi connectivity index (χ4n) is 1.79. The van der Waals surface area contributed by atoms with Crippen LogP contribution >= 0.6 is 0 Å². The van der Waals surface area contributed by atoms with E-state index < -0.39 is 10.0 Å². The van der Waals surface area contributed by atoms with Gasteiger partial charge >= 0.3 is 0 Å². The number of aromatic amines is 1. The van der Waals surface area contributed by atoms with E-state index in [1.54, 1.807) is 20.9 Å². The summed E-state index contributed by atoms with van der Waals surface area (Å²) in [5.74, 6) is 0. The number of sulfonamides is 1. The van der Waals surface area contributed by atoms with Crippen LogP contribution in [0.1, 0.15) is 11.4 Å². The molecule has 1 aliphatic heterocycles. The van der Waals surface area contributed by atoms with Crippen molar-refractivity contribution < 1.29 is 8.42 Å². The first-order valence-electron chi connectivity index (χ1n) is 5.15. The summed E-state index contributed by atoms with van der Waals surface area (Å²) in [6.07, 6.45) is 0. The van der Waals surface area contributed by atoms with Gasteiger partial charge < -0.3 is 5.32 Å². The lowest BCUT2D eigenvalue weighted by molar-refractivity contribution is 0.274. The van der Waals surface area contributed by atoms with Crippen LogP contribution in [0.3, 0.4) is 0 Å². The van der Waals surface area contributed by atoms with Crippen molar-refractivity contribution in [3.8, 4) is 0 Å². The molecular weight excluding hydrogens is 228 g/mol. The molecule has 0 amide bonds. The van der Waals surface area contributed by atoms with Gasteiger partial charge in [-0.1, -0.05) is 0 Å². The van der Waals surface area contributed by atoms with Gasteiger partial charge in [-0.2, -0.15) is 9.40 Å². The predicted octanol–water partition coefficient (Wildman–Crippen LogP) is -0.381. The number of nitrogens with one attached hydrogen (secondary N) is 2. The Morgan fingerprint density at radius 3 is 2.38 bits per heavy atom. The quantitative estimate of drug-likeness (QED) is 0.759. The standard InChI is InChI=1S/C9H16N4O2S/c1-6-9(7(2)12-11-6)16(14,15)13(3)8-4-10-5-8/h8,10H,4-5H2,1-3H3,(H,11,12). The summed E-state index contributed by atoms with van der Waals surface area (Å²) in [6.45, 7) is 4.85. The molecule has 2 heterocycles. The van der Waals surface area contributed by atoms with E-state index in [0.29, 0.717) is 29.4 Å². The van der Waals surface area contributed by atoms with E-state index in [1.165, 1.54) is 4.31 Å². The Morgan fingerprint density at radius 1 is 1.38 bits per heavy atom. The Hall–Kier alpha value is -0.920. The lowest BCUT2D eigenvalue weighted by atomic mass is 10.2. The highest BCUT2D eigenvalue weighted by Gasteiger charge is 2.34. The zero-order chi connectivity index (χ0) is 11.9. The monoisotopic (exact) mass is 244 g/mol. The molecule has 16 heavy (non-hydrogen) atoms. The van der Waals surface area contributed by atoms with Crippen LogP contribution in [0.2, 0.25) is 0 Å². The average Bonchev–Trinajstić information content (AvgIpc) is 2.43. The Morgan fingerprint density at radius 2 is 2.00 bits per heavy atom. The maximum absolute atomic E-state index is 12.3. The van der Waals surface area contributed by atoms with Crippen molar-refractivity contribution in [3.63, 3.8) is 0 Å². The Bertz CT molecular complexity index is 470. The molecule has 90 valence electrons. The second-order valence-electron chi connectivity index (χ2n) is 4.10. The Labute approximate surface area is 95.1 Å². The fourth-order valence-corrected chi connectivity index (χ4v) is 3.47. The molecule has 0 unspecified atom stereocenters. The van der Waals surface area contributed by atoms with Crippen LogP contribution in [0.5, 0.6) is 0 Å². The maximum atomic E-state index is 12.3. The second-order valence-corrected chi connectivity index (χ2v) is 6.03. The van der Waals surface area contributed by atoms with Crippen molar-refractivity contribution in [3.05, 3.63) is 11.4 Å². The molecule has 1 aromatic heterocycles. The minimum atomic E-state index is -3.42. The molecule has 2 N–H and O–H groups in total. The van der Waals surface area contributed by atoms with Gasteiger partial charge in [0.05, 0.1) is 11.4 Å². The molecule has 0 atom stereocenters. The van der Waals surface area contributed by atoms with E-state index in [1.807, 2.05) is 0 Å². The number of nitrogens with zero attached hydrogens (tertiary/aromatic N) is 2. The number of hydrogen-bond donors (Lipinski definition) is 2. The fraction of sp³-hybridized carbons (Fsp3) is 0.667. The topological polar surface area (TPSA) is 78.1 Å². The van der Waals surface area contributed by atoms with E-state index in [-0.39, 0.29) is 6.04 Å². The SMILES string of the molecule is Cc1n[nH]c(C)c1S(=O)(=O)N(C)C1CNC1. The van der Waals surface area contributed by atoms with Crippen LogP contribution in [-0.4, -0.2) is 49.1 Å². The van der Waals surface area contributed by atoms with Gasteiger partial charge in [0.15, 0.2) is 0 Å². The van der Waals surface area contributed by atoms with Crippen molar-refractivity contribution in [2.45, 2.75) is 24.8 Å². The molecule has 0 aliphatic carbocycles. The highest BCUT2D eigenvalue weighted by atomic mass is 32.2. The van der Waals surface area contributed by atoms with Crippen molar-refractivity contribution in [2.24, 2.45) is 0 Å². The van der Waals surface area contributed by atoms with Gasteiger partial charge in [-0.25, -0.2) is 8.42 Å². The van der Waals surface area contributed by atoms with Crippen molar-refractivity contribution in [1.82, 2.24) is 19.8 Å². The molecular formula is C9H16N4O2S. The third kappa shape index (κ3) is 1.64. The van der Waals surface area contributed by atoms with Crippen LogP contribution in [-0.2, 0) is 10.0 Å². The lowest BCUT2D eigenvalue weighted by Gasteiger charge is -2.34. The highest BCUT2D eigenvalue weighted by Crippen LogP contribution is 2.22. The van der Waals surface area contributed by atoms with Gasteiger partial charge in [-0.05, 0) is 13.8 Å². The molecule has 0 bridgehead atoms. The number of aromatic nitrogens is 2. The summed E-state index contributed by atoms with van der Waals surface area (Å²) < 4.78 is 26.0. The van der Waals surface area contributed by atoms with E-state index in [2.05, 4.69) is 15.5 Å². The number of H-pyrrole nitrogens is 1. The Balaban J connectivity index is 2.38. The molecule has 6 nitrogen and oxygen atoms in total. The lowest BCUT2D eigenvalue weighted by Crippen LogP contribution is -2.57. The zero-order valence-electron chi connectivity index (χ0n) is 9.61. The van der Waals surface area contributed by atoms with E-state index in [9.17, 15) is 8.42 Å². The van der Waals surface area contributed by atoms with E-state index >= 15 is 0 Å². The van der Waals surface area contributed by atoms with Gasteiger partial charge in [0.1, 0.15) is 4.90 Å². The van der Waals surface area contributed by atoms with Crippen molar-refractivity contribution in [1.29, 1.82) is 0 Å². The van der Waals surface area contributed by atoms with Crippen LogP contribution in [0, 0.1) is 13.8 Å². The Kier molecular flexibility index (Phi) is 2.77. The summed E-state index contributed by atoms with van der Waals surface area (Å²) in [5.41, 5.74) is 1.12. The van der Waals surface area contributed by atoms with Crippen molar-refractivity contribution >= 4 is 10.0 Å². The van der Waals surface area contributed by atoms with Gasteiger partial charge in [-0.3, -0.25) is 5.10 Å². The van der Waals surface area contributed by atoms with E-state index in [4.69, 9.17) is 0 Å². The molecule has 0 radical (unpaired) electrons. The highest BCUT2D eigenvalue weighted by molar-refractivity contribution is 7.89. The molecule has 7 heteroatoms. The summed E-state index contributed by atoms with van der Waals surface area (Å²) in [7, 11) is -1.80. The average molecular weight is 244 g/mol. The van der Waals surface area contributed by atoms with Gasteiger partial charge in [0.2, 0.25) is 10.0 Å². The molecule has 1 fully saturated rings. The first kappa shape index (κ1) is 11.6. The van der Waals surface area contributed by atoms with E-state index in [0.717, 1.165) is 0 Å². The van der Waals surface area contributed by atoms with Crippen LogP contribution in [0.15, 0.2) is 4.90 Å². The normalized spacial score (nSPS) is 17.8. The first-order chi connectivity index (χ1) is 7.44. The van der Waals surface area contributed by atoms with Gasteiger partial charge in [0.25, 0.3) is 0 Å². The van der Waals surface area contributed by atoms with Crippen LogP contribution < -0.4 is 5.32 Å². The van der Waals surface area contributed by atoms with Crippen molar-refractivity contribution in [2.75, 3.05) is 20.1 Å². The summed E-state index contributed by atoms with van der Waals surface area (Å²) in [4.78, 5) is 0.307. The maximum Gasteiger partial charge on any atom is 0.246 e. The minimum Gasteiger partial charge on any atom is -0.313 e. The van der Waals surface area contributed by atoms with Gasteiger partial charge in [-0.15, -0.1) is 0 Å². The minimum absolute atomic E-state index is 0.0544. The predicted molar refractivity (Wildman–Crippen MR) is 59.7 cm³/mol. The largest absolute Gasteiger partial charge is 0.313 e. The summed E-state index contributed by atoms with van der Waals surface area (Å²) in [6, 6.07) is 0.0544. The molecule has 1 aliphatic rings. The molecule has 0 spiro atoms. The zero-order valence-corrected chi connectivity index (χ0v) is 10.4. The number of rotatable bonds is 3. The van der Waals surface area contributed by atoms with Crippen LogP contribution in [0.4, 0.5) is 0 Å². The summed E-state index contributed by atoms with van der Waals surface area (Å²) >= 11 is 0. The molecule has 2 rings (SSSR count). The second kappa shape index (κ2) is 3.83. The third-order valence-corrected chi connectivity index (χ3v) is 5.15. The number of likely N-dealkylation sites (N-methyl/N-ethyl adjacent to an activating group) is 1.